The van der Waals surface area contributed by atoms with Crippen molar-refractivity contribution in [2.75, 3.05) is 18.9 Å². The molecule has 0 atom stereocenters. The molecule has 116 valence electrons. The molecule has 0 aromatic carbocycles. The molecule has 4 N–H and O–H groups in total. The van der Waals surface area contributed by atoms with Crippen LogP contribution >= 0.6 is 0 Å². The van der Waals surface area contributed by atoms with E-state index in [1.807, 2.05) is 12.2 Å². The van der Waals surface area contributed by atoms with Crippen molar-refractivity contribution in [1.82, 2.24) is 15.8 Å². The number of carbonyl (C=O) groups is 3. The molecule has 1 rings (SSSR count). The highest BCUT2D eigenvalue weighted by Gasteiger charge is 2.21. The summed E-state index contributed by atoms with van der Waals surface area (Å²) in [7, 11) is 0. The summed E-state index contributed by atoms with van der Waals surface area (Å²) in [5.74, 6) is -1.77. The molecule has 9 heteroatoms. The number of nitrogen functional groups attached to an aromatic ring is 1. The third-order valence-electron chi connectivity index (χ3n) is 2.50. The van der Waals surface area contributed by atoms with Gasteiger partial charge in [-0.05, 0) is 13.3 Å². The van der Waals surface area contributed by atoms with Crippen LogP contribution in [0.3, 0.4) is 0 Å². The molecule has 9 nitrogen and oxygen atoms in total. The molecule has 0 bridgehead atoms. The minimum atomic E-state index is -0.840. The van der Waals surface area contributed by atoms with E-state index in [9.17, 15) is 14.4 Å². The van der Waals surface area contributed by atoms with Crippen LogP contribution in [0.4, 0.5) is 10.7 Å². The molecule has 0 aliphatic heterocycles. The van der Waals surface area contributed by atoms with Crippen LogP contribution in [-0.2, 0) is 9.53 Å². The molecule has 1 aromatic heterocycles. The van der Waals surface area contributed by atoms with Gasteiger partial charge in [0.05, 0.1) is 5.69 Å². The van der Waals surface area contributed by atoms with E-state index in [0.29, 0.717) is 6.54 Å². The van der Waals surface area contributed by atoms with E-state index in [1.54, 1.807) is 0 Å². The number of amides is 3. The van der Waals surface area contributed by atoms with Crippen LogP contribution < -0.4 is 16.4 Å². The first-order valence-electron chi connectivity index (χ1n) is 6.42. The third kappa shape index (κ3) is 5.13. The van der Waals surface area contributed by atoms with Crippen molar-refractivity contribution in [2.24, 2.45) is 0 Å². The molecule has 0 fully saturated rings. The molecule has 1 heterocycles. The zero-order valence-corrected chi connectivity index (χ0v) is 11.9. The van der Waals surface area contributed by atoms with Gasteiger partial charge in [0.1, 0.15) is 5.56 Å². The first kappa shape index (κ1) is 16.5. The number of unbranched alkanes of at least 4 members (excludes halogenated alkanes) is 1. The van der Waals surface area contributed by atoms with Gasteiger partial charge in [0.2, 0.25) is 5.88 Å². The highest BCUT2D eigenvalue weighted by molar-refractivity contribution is 5.98. The SMILES string of the molecule is CCCCNC(=O)NC(=O)COC(=O)c1c(C)noc1N. The number of carbonyl (C=O) groups excluding carboxylic acids is 3. The summed E-state index contributed by atoms with van der Waals surface area (Å²) in [6.07, 6.45) is 1.73. The van der Waals surface area contributed by atoms with Gasteiger partial charge < -0.3 is 20.3 Å². The molecule has 0 spiro atoms. The van der Waals surface area contributed by atoms with Crippen LogP contribution in [0.5, 0.6) is 0 Å². The first-order chi connectivity index (χ1) is 9.95. The van der Waals surface area contributed by atoms with Gasteiger partial charge in [-0.25, -0.2) is 9.59 Å². The Hall–Kier alpha value is -2.58. The van der Waals surface area contributed by atoms with Crippen molar-refractivity contribution in [3.05, 3.63) is 11.3 Å². The monoisotopic (exact) mass is 298 g/mol. The van der Waals surface area contributed by atoms with Crippen molar-refractivity contribution in [3.63, 3.8) is 0 Å². The van der Waals surface area contributed by atoms with Crippen LogP contribution in [0.1, 0.15) is 35.8 Å². The zero-order chi connectivity index (χ0) is 15.8. The maximum atomic E-state index is 11.7. The Morgan fingerprint density at radius 1 is 1.38 bits per heavy atom. The Kier molecular flexibility index (Phi) is 6.18. The van der Waals surface area contributed by atoms with Gasteiger partial charge in [0.25, 0.3) is 5.91 Å². The number of rotatable bonds is 6. The van der Waals surface area contributed by atoms with Crippen LogP contribution in [0.15, 0.2) is 4.52 Å². The van der Waals surface area contributed by atoms with Gasteiger partial charge in [-0.2, -0.15) is 0 Å². The number of nitrogens with zero attached hydrogens (tertiary/aromatic N) is 1. The number of imide groups is 1. The van der Waals surface area contributed by atoms with Gasteiger partial charge in [-0.15, -0.1) is 0 Å². The Morgan fingerprint density at radius 2 is 2.10 bits per heavy atom. The largest absolute Gasteiger partial charge is 0.452 e. The lowest BCUT2D eigenvalue weighted by molar-refractivity contribution is -0.123. The molecule has 3 amide bonds. The lowest BCUT2D eigenvalue weighted by Crippen LogP contribution is -2.41. The second kappa shape index (κ2) is 7.88. The fraction of sp³-hybridized carbons (Fsp3) is 0.500. The van der Waals surface area contributed by atoms with E-state index < -0.39 is 24.5 Å². The highest BCUT2D eigenvalue weighted by atomic mass is 16.5. The molecular weight excluding hydrogens is 280 g/mol. The number of aryl methyl sites for hydroxylation is 1. The van der Waals surface area contributed by atoms with Gasteiger partial charge in [0.15, 0.2) is 6.61 Å². The summed E-state index contributed by atoms with van der Waals surface area (Å²) in [5.41, 5.74) is 5.63. The Morgan fingerprint density at radius 3 is 2.67 bits per heavy atom. The van der Waals surface area contributed by atoms with E-state index in [4.69, 9.17) is 10.5 Å². The Bertz CT molecular complexity index is 506. The predicted octanol–water partition coefficient (Wildman–Crippen LogP) is 0.348. The number of urea groups is 1. The average molecular weight is 298 g/mol. The fourth-order valence-corrected chi connectivity index (χ4v) is 1.42. The molecule has 21 heavy (non-hydrogen) atoms. The Balaban J connectivity index is 2.36. The van der Waals surface area contributed by atoms with Gasteiger partial charge in [0, 0.05) is 6.54 Å². The summed E-state index contributed by atoms with van der Waals surface area (Å²) < 4.78 is 9.33. The zero-order valence-electron chi connectivity index (χ0n) is 11.9. The number of hydrogen-bond donors (Lipinski definition) is 3. The number of nitrogens with two attached hydrogens (primary N) is 1. The molecule has 0 saturated carbocycles. The second-order valence-corrected chi connectivity index (χ2v) is 4.24. The highest BCUT2D eigenvalue weighted by Crippen LogP contribution is 2.16. The summed E-state index contributed by atoms with van der Waals surface area (Å²) >= 11 is 0. The van der Waals surface area contributed by atoms with Gasteiger partial charge in [-0.3, -0.25) is 10.1 Å². The van der Waals surface area contributed by atoms with Crippen LogP contribution in [-0.4, -0.2) is 36.2 Å². The minimum absolute atomic E-state index is 0.0322. The van der Waals surface area contributed by atoms with E-state index in [-0.39, 0.29) is 17.1 Å². The summed E-state index contributed by atoms with van der Waals surface area (Å²) in [4.78, 5) is 34.4. The average Bonchev–Trinajstić information content (AvgIpc) is 2.76. The summed E-state index contributed by atoms with van der Waals surface area (Å²) in [6, 6.07) is -0.634. The van der Waals surface area contributed by atoms with E-state index >= 15 is 0 Å². The molecule has 0 unspecified atom stereocenters. The minimum Gasteiger partial charge on any atom is -0.452 e. The number of ether oxygens (including phenoxy) is 1. The number of aromatic nitrogens is 1. The van der Waals surface area contributed by atoms with Gasteiger partial charge in [-0.1, -0.05) is 18.5 Å². The van der Waals surface area contributed by atoms with Crippen molar-refractivity contribution in [2.45, 2.75) is 26.7 Å². The quantitative estimate of drug-likeness (QED) is 0.509. The molecule has 0 saturated heterocycles. The van der Waals surface area contributed by atoms with E-state index in [0.717, 1.165) is 12.8 Å². The van der Waals surface area contributed by atoms with Crippen molar-refractivity contribution < 1.29 is 23.6 Å². The van der Waals surface area contributed by atoms with Crippen LogP contribution in [0.25, 0.3) is 0 Å². The number of hydrogen-bond acceptors (Lipinski definition) is 7. The molecule has 0 aliphatic rings. The fourth-order valence-electron chi connectivity index (χ4n) is 1.42. The van der Waals surface area contributed by atoms with Crippen LogP contribution in [0.2, 0.25) is 0 Å². The summed E-state index contributed by atoms with van der Waals surface area (Å²) in [5, 5.41) is 8.01. The van der Waals surface area contributed by atoms with E-state index in [1.165, 1.54) is 6.92 Å². The smallest absolute Gasteiger partial charge is 0.346 e. The molecule has 1 aromatic rings. The predicted molar refractivity (Wildman–Crippen MR) is 72.4 cm³/mol. The van der Waals surface area contributed by atoms with Gasteiger partial charge >= 0.3 is 12.0 Å². The van der Waals surface area contributed by atoms with E-state index in [2.05, 4.69) is 15.0 Å². The maximum Gasteiger partial charge on any atom is 0.346 e. The molecular formula is C12H18N4O5. The number of anilines is 1. The number of esters is 1. The lowest BCUT2D eigenvalue weighted by Gasteiger charge is -2.06. The third-order valence-corrected chi connectivity index (χ3v) is 2.50. The summed E-state index contributed by atoms with van der Waals surface area (Å²) in [6.45, 7) is 3.34. The maximum absolute atomic E-state index is 11.7. The van der Waals surface area contributed by atoms with Crippen molar-refractivity contribution >= 4 is 23.8 Å². The topological polar surface area (TPSA) is 137 Å². The second-order valence-electron chi connectivity index (χ2n) is 4.24. The van der Waals surface area contributed by atoms with Crippen molar-refractivity contribution in [1.29, 1.82) is 0 Å². The molecule has 0 radical (unpaired) electrons. The lowest BCUT2D eigenvalue weighted by atomic mass is 10.2. The first-order valence-corrected chi connectivity index (χ1v) is 6.42. The number of nitrogens with one attached hydrogen (secondary N) is 2. The van der Waals surface area contributed by atoms with Crippen LogP contribution in [0, 0.1) is 6.92 Å². The normalized spacial score (nSPS) is 10.0. The molecule has 0 aliphatic carbocycles. The standard InChI is InChI=1S/C12H18N4O5/c1-3-4-5-14-12(19)15-8(17)6-20-11(18)9-7(2)16-21-10(9)13/h3-6,13H2,1-2H3,(H2,14,15,17,19). The Labute approximate surface area is 121 Å². The van der Waals surface area contributed by atoms with Crippen molar-refractivity contribution in [3.8, 4) is 0 Å².